The largest absolute Gasteiger partial charge is 0.491 e. The van der Waals surface area contributed by atoms with Crippen molar-refractivity contribution in [1.82, 2.24) is 25.3 Å². The third-order valence-corrected chi connectivity index (χ3v) is 10.5. The summed E-state index contributed by atoms with van der Waals surface area (Å²) < 4.78 is 89.1. The van der Waals surface area contributed by atoms with E-state index in [1.165, 1.54) is 34.3 Å². The number of hydrogen-bond acceptors (Lipinski definition) is 15. The molecule has 3 aromatic carbocycles. The Kier molecular flexibility index (Phi) is 14.4. The maximum atomic E-state index is 14.2. The molecule has 4 atom stereocenters. The molecule has 316 valence electrons. The van der Waals surface area contributed by atoms with E-state index in [4.69, 9.17) is 29.6 Å². The highest BCUT2D eigenvalue weighted by atomic mass is 32.2. The summed E-state index contributed by atoms with van der Waals surface area (Å²) in [5.74, 6) is 3.50. The summed E-state index contributed by atoms with van der Waals surface area (Å²) in [4.78, 5) is 35.8. The van der Waals surface area contributed by atoms with Crippen molar-refractivity contribution in [2.75, 3.05) is 19.9 Å². The molecule has 1 saturated heterocycles. The van der Waals surface area contributed by atoms with Crippen molar-refractivity contribution in [3.63, 3.8) is 0 Å². The number of esters is 1. The third-order valence-electron chi connectivity index (χ3n) is 8.86. The number of fused-ring (bicyclic) bond motifs is 1. The average Bonchev–Trinajstić information content (AvgIpc) is 3.93. The lowest BCUT2D eigenvalue weighted by atomic mass is 10.0. The van der Waals surface area contributed by atoms with Crippen LogP contribution in [0.5, 0.6) is 11.5 Å². The van der Waals surface area contributed by atoms with Crippen LogP contribution in [-0.4, -0.2) is 75.8 Å². The summed E-state index contributed by atoms with van der Waals surface area (Å²) in [5.41, 5.74) is 1.20. The van der Waals surface area contributed by atoms with E-state index in [0.717, 1.165) is 28.9 Å². The van der Waals surface area contributed by atoms with Gasteiger partial charge in [-0.2, -0.15) is 19.1 Å². The number of carbonyl (C=O) groups is 2. The second kappa shape index (κ2) is 19.4. The van der Waals surface area contributed by atoms with Crippen molar-refractivity contribution in [2.24, 2.45) is 5.90 Å². The molecule has 0 saturated carbocycles. The second-order valence-corrected chi connectivity index (χ2v) is 15.6. The molecule has 15 nitrogen and oxygen atoms in total. The quantitative estimate of drug-likeness (QED) is 0.0312. The smallest absolute Gasteiger partial charge is 0.416 e. The molecule has 0 bridgehead atoms. The minimum absolute atomic E-state index is 0.00177. The van der Waals surface area contributed by atoms with Crippen LogP contribution in [0.1, 0.15) is 49.2 Å². The van der Waals surface area contributed by atoms with Crippen LogP contribution in [0.15, 0.2) is 77.3 Å². The highest BCUT2D eigenvalue weighted by Crippen LogP contribution is 2.33. The van der Waals surface area contributed by atoms with E-state index in [1.54, 1.807) is 57.2 Å². The fourth-order valence-electron chi connectivity index (χ4n) is 6.13. The van der Waals surface area contributed by atoms with Gasteiger partial charge in [0.15, 0.2) is 10.1 Å². The Hall–Kier alpha value is -4.90. The first-order chi connectivity index (χ1) is 28.2. The molecule has 1 aliphatic heterocycles. The van der Waals surface area contributed by atoms with Crippen molar-refractivity contribution < 1.29 is 60.2 Å². The molecule has 2 unspecified atom stereocenters. The van der Waals surface area contributed by atoms with Crippen molar-refractivity contribution in [2.45, 2.75) is 80.8 Å². The first-order valence-corrected chi connectivity index (χ1v) is 19.7. The molecule has 1 amide bonds. The van der Waals surface area contributed by atoms with Crippen LogP contribution >= 0.6 is 23.4 Å². The number of carbonyl (C=O) groups excluding carboxylic acids is 2. The van der Waals surface area contributed by atoms with Gasteiger partial charge in [-0.15, -0.1) is 25.8 Å². The van der Waals surface area contributed by atoms with E-state index in [2.05, 4.69) is 29.9 Å². The molecule has 2 aromatic heterocycles. The van der Waals surface area contributed by atoms with Crippen LogP contribution in [-0.2, 0) is 58.7 Å². The summed E-state index contributed by atoms with van der Waals surface area (Å²) in [7, 11) is 0. The lowest BCUT2D eigenvalue weighted by Gasteiger charge is -2.22. The minimum atomic E-state index is -4.55. The molecule has 6 rings (SSSR count). The Morgan fingerprint density at radius 1 is 1.00 bits per heavy atom. The number of nitrogens with zero attached hydrogens (tertiary/aromatic N) is 4. The van der Waals surface area contributed by atoms with Gasteiger partial charge in [-0.3, -0.25) is 4.79 Å². The molecule has 1 aliphatic rings. The summed E-state index contributed by atoms with van der Waals surface area (Å²) in [6.07, 6.45) is -4.50. The van der Waals surface area contributed by atoms with E-state index in [1.807, 2.05) is 6.07 Å². The molecular weight excluding hydrogens is 825 g/mol. The Morgan fingerprint density at radius 2 is 1.69 bits per heavy atom. The van der Waals surface area contributed by atoms with Gasteiger partial charge < -0.3 is 29.0 Å². The van der Waals surface area contributed by atoms with Crippen LogP contribution in [0, 0.1) is 0 Å². The van der Waals surface area contributed by atoms with Crippen LogP contribution < -0.4 is 20.7 Å². The lowest BCUT2D eigenvalue weighted by molar-refractivity contribution is -0.195. The number of thiazole rings is 1. The van der Waals surface area contributed by atoms with Gasteiger partial charge in [0.25, 0.3) is 0 Å². The molecule has 3 heterocycles. The van der Waals surface area contributed by atoms with Gasteiger partial charge in [0.2, 0.25) is 5.91 Å². The van der Waals surface area contributed by atoms with Gasteiger partial charge in [0.1, 0.15) is 73.4 Å². The molecule has 3 N–H and O–H groups in total. The lowest BCUT2D eigenvalue weighted by Crippen LogP contribution is -2.46. The van der Waals surface area contributed by atoms with Crippen LogP contribution in [0.25, 0.3) is 10.2 Å². The predicted octanol–water partition coefficient (Wildman–Crippen LogP) is 6.26. The monoisotopic (exact) mass is 864 g/mol. The van der Waals surface area contributed by atoms with Crippen LogP contribution in [0.2, 0.25) is 0 Å². The van der Waals surface area contributed by atoms with E-state index in [9.17, 15) is 27.2 Å². The van der Waals surface area contributed by atoms with Crippen molar-refractivity contribution in [3.05, 3.63) is 95.3 Å². The van der Waals surface area contributed by atoms with E-state index >= 15 is 0 Å². The van der Waals surface area contributed by atoms with Crippen molar-refractivity contribution >= 4 is 45.5 Å². The fraction of sp³-hybridized carbons (Fsp3) is 0.395. The number of aromatic nitrogens is 4. The number of alkyl halides is 4. The number of benzene rings is 3. The topological polar surface area (TPSA) is 180 Å². The summed E-state index contributed by atoms with van der Waals surface area (Å²) >= 11 is 2.23. The van der Waals surface area contributed by atoms with Gasteiger partial charge >= 0.3 is 12.1 Å². The number of rotatable bonds is 19. The normalized spacial score (nSPS) is 17.4. The maximum Gasteiger partial charge on any atom is 0.416 e. The SMILES string of the molecule is CCOC(=O)C(Cc1ccc(C(F)(F)F)cc1)NC(=O)C(Cc1ccc(OC[C@@H]2OC(C)(C)O[C@H]2CF)cc1)n1cc(COc2ccc3sc(SOON)nc3c2)nn1. The molecule has 0 radical (unpaired) electrons. The Bertz CT molecular complexity index is 2170. The zero-order valence-electron chi connectivity index (χ0n) is 31.8. The number of hydrogen-bond donors (Lipinski definition) is 2. The summed E-state index contributed by atoms with van der Waals surface area (Å²) in [6, 6.07) is 14.1. The number of amides is 1. The fourth-order valence-corrected chi connectivity index (χ4v) is 7.53. The molecule has 5 aromatic rings. The first-order valence-electron chi connectivity index (χ1n) is 18.1. The van der Waals surface area contributed by atoms with E-state index in [-0.39, 0.29) is 32.7 Å². The number of halogens is 4. The molecule has 1 fully saturated rings. The molecule has 21 heteroatoms. The Balaban J connectivity index is 1.19. The second-order valence-electron chi connectivity index (χ2n) is 13.6. The highest BCUT2D eigenvalue weighted by molar-refractivity contribution is 7.96. The summed E-state index contributed by atoms with van der Waals surface area (Å²) in [5, 5.41) is 11.2. The zero-order valence-corrected chi connectivity index (χ0v) is 33.5. The average molecular weight is 865 g/mol. The van der Waals surface area contributed by atoms with Gasteiger partial charge in [0.05, 0.1) is 28.6 Å². The Morgan fingerprint density at radius 3 is 2.39 bits per heavy atom. The molecular formula is C38H40F4N6O9S2. The van der Waals surface area contributed by atoms with Gasteiger partial charge in [-0.25, -0.2) is 18.9 Å². The molecule has 59 heavy (non-hydrogen) atoms. The van der Waals surface area contributed by atoms with Crippen molar-refractivity contribution in [1.29, 1.82) is 0 Å². The Labute approximate surface area is 343 Å². The van der Waals surface area contributed by atoms with Gasteiger partial charge in [0, 0.05) is 18.9 Å². The van der Waals surface area contributed by atoms with Gasteiger partial charge in [-0.1, -0.05) is 29.5 Å². The van der Waals surface area contributed by atoms with Crippen LogP contribution in [0.3, 0.4) is 0 Å². The number of ether oxygens (including phenoxy) is 5. The number of nitrogens with one attached hydrogen (secondary N) is 1. The first kappa shape index (κ1) is 43.7. The summed E-state index contributed by atoms with van der Waals surface area (Å²) in [6.45, 7) is 4.26. The van der Waals surface area contributed by atoms with Gasteiger partial charge in [-0.05, 0) is 68.3 Å². The predicted molar refractivity (Wildman–Crippen MR) is 204 cm³/mol. The van der Waals surface area contributed by atoms with E-state index < -0.39 is 60.4 Å². The van der Waals surface area contributed by atoms with Crippen LogP contribution in [0.4, 0.5) is 17.6 Å². The number of nitrogens with two attached hydrogens (primary N) is 1. The van der Waals surface area contributed by atoms with E-state index in [0.29, 0.717) is 38.2 Å². The minimum Gasteiger partial charge on any atom is -0.491 e. The molecule has 0 aliphatic carbocycles. The maximum absolute atomic E-state index is 14.2. The zero-order chi connectivity index (χ0) is 42.2. The standard InChI is InChI=1S/C38H40F4N6O9S2/c1-4-51-35(50)29(15-22-5-9-24(10-6-22)38(40,41)42)44-34(49)30(16-23-7-11-26(12-8-23)53-21-32-31(18-39)54-37(2,3)55-32)48-19-25(46-47-48)20-52-27-13-14-33-28(17-27)45-36(58-33)59-57-56-43/h5-14,17,19,29-32H,4,15-16,18,20-21,43H2,1-3H3,(H,44,49)/t29?,30?,31-,32-/m0/s1. The highest BCUT2D eigenvalue weighted by Gasteiger charge is 2.41. The molecule has 0 spiro atoms. The third kappa shape index (κ3) is 11.9. The van der Waals surface area contributed by atoms with Crippen molar-refractivity contribution in [3.8, 4) is 11.5 Å².